The summed E-state index contributed by atoms with van der Waals surface area (Å²) in [6.07, 6.45) is 5.93. The third-order valence-corrected chi connectivity index (χ3v) is 7.56. The number of hydrogen-bond donors (Lipinski definition) is 0. The monoisotopic (exact) mass is 437 g/mol. The van der Waals surface area contributed by atoms with E-state index in [-0.39, 0.29) is 11.5 Å². The first-order valence-electron chi connectivity index (χ1n) is 12.2. The molecular formula is C25H35N5O2. The molecule has 1 amide bonds. The number of carbonyl (C=O) groups excluding carboxylic acids is 1. The average molecular weight is 438 g/mol. The molecule has 3 saturated heterocycles. The normalized spacial score (nSPS) is 24.1. The average Bonchev–Trinajstić information content (AvgIpc) is 3.34. The summed E-state index contributed by atoms with van der Waals surface area (Å²) in [4.78, 5) is 20.0. The van der Waals surface area contributed by atoms with E-state index < -0.39 is 0 Å². The van der Waals surface area contributed by atoms with Gasteiger partial charge in [-0.15, -0.1) is 0 Å². The van der Waals surface area contributed by atoms with Crippen LogP contribution in [0.15, 0.2) is 42.6 Å². The Morgan fingerprint density at radius 1 is 1.06 bits per heavy atom. The van der Waals surface area contributed by atoms with Gasteiger partial charge in [0.2, 0.25) is 0 Å². The molecule has 0 radical (unpaired) electrons. The van der Waals surface area contributed by atoms with Crippen molar-refractivity contribution in [3.8, 4) is 0 Å². The molecule has 1 atom stereocenters. The predicted octanol–water partition coefficient (Wildman–Crippen LogP) is 2.88. The molecule has 5 rings (SSSR count). The summed E-state index contributed by atoms with van der Waals surface area (Å²) in [6.45, 7) is 9.55. The lowest BCUT2D eigenvalue weighted by molar-refractivity contribution is -0.130. The molecule has 3 aliphatic rings. The van der Waals surface area contributed by atoms with Crippen LogP contribution in [0.1, 0.15) is 43.1 Å². The van der Waals surface area contributed by atoms with E-state index in [9.17, 15) is 4.79 Å². The Morgan fingerprint density at radius 3 is 2.50 bits per heavy atom. The SMILES string of the molecule is CCn1ccc(C(=O)N2CCC3(CC2)C[C@H](N2CCN(c4ccccc4)CC2)CCO3)n1. The third-order valence-electron chi connectivity index (χ3n) is 7.56. The molecule has 7 heteroatoms. The van der Waals surface area contributed by atoms with Crippen molar-refractivity contribution < 1.29 is 9.53 Å². The van der Waals surface area contributed by atoms with Gasteiger partial charge in [-0.05, 0) is 50.8 Å². The van der Waals surface area contributed by atoms with Crippen LogP contribution in [0.3, 0.4) is 0 Å². The van der Waals surface area contributed by atoms with E-state index in [1.54, 1.807) is 0 Å². The summed E-state index contributed by atoms with van der Waals surface area (Å²) in [5.74, 6) is 0.0523. The molecule has 1 spiro atoms. The number of ether oxygens (including phenoxy) is 1. The molecular weight excluding hydrogens is 402 g/mol. The number of aryl methyl sites for hydroxylation is 1. The number of nitrogens with zero attached hydrogens (tertiary/aromatic N) is 5. The number of piperazine rings is 1. The van der Waals surface area contributed by atoms with Crippen LogP contribution in [0.4, 0.5) is 5.69 Å². The van der Waals surface area contributed by atoms with Crippen molar-refractivity contribution in [2.45, 2.75) is 50.8 Å². The van der Waals surface area contributed by atoms with Crippen LogP contribution in [-0.2, 0) is 11.3 Å². The number of piperidine rings is 1. The fraction of sp³-hybridized carbons (Fsp3) is 0.600. The maximum absolute atomic E-state index is 12.9. The standard InChI is InChI=1S/C25H35N5O2/c1-2-30-12-8-23(26-30)24(31)29-13-10-25(11-14-29)20-22(9-19-32-25)28-17-15-27(16-18-28)21-6-4-3-5-7-21/h3-8,12,22H,2,9-11,13-20H2,1H3/t22-/m1/s1. The summed E-state index contributed by atoms with van der Waals surface area (Å²) in [5.41, 5.74) is 1.82. The summed E-state index contributed by atoms with van der Waals surface area (Å²) in [7, 11) is 0. The van der Waals surface area contributed by atoms with Crippen molar-refractivity contribution >= 4 is 11.6 Å². The Labute approximate surface area is 190 Å². The van der Waals surface area contributed by atoms with Gasteiger partial charge in [0.15, 0.2) is 0 Å². The summed E-state index contributed by atoms with van der Waals surface area (Å²) < 4.78 is 8.19. The first kappa shape index (κ1) is 21.5. The van der Waals surface area contributed by atoms with Gasteiger partial charge in [0.25, 0.3) is 5.91 Å². The summed E-state index contributed by atoms with van der Waals surface area (Å²) >= 11 is 0. The molecule has 0 saturated carbocycles. The summed E-state index contributed by atoms with van der Waals surface area (Å²) in [5, 5.41) is 4.39. The van der Waals surface area contributed by atoms with Crippen LogP contribution in [0.5, 0.6) is 0 Å². The molecule has 4 heterocycles. The highest BCUT2D eigenvalue weighted by Crippen LogP contribution is 2.37. The van der Waals surface area contributed by atoms with Crippen LogP contribution in [-0.4, -0.2) is 83.0 Å². The Bertz CT molecular complexity index is 898. The molecule has 3 aliphatic heterocycles. The second-order valence-corrected chi connectivity index (χ2v) is 9.39. The lowest BCUT2D eigenvalue weighted by atomic mass is 9.81. The number of benzene rings is 1. The minimum atomic E-state index is -0.0704. The molecule has 0 aliphatic carbocycles. The maximum atomic E-state index is 12.9. The number of para-hydroxylation sites is 1. The second-order valence-electron chi connectivity index (χ2n) is 9.39. The molecule has 1 aromatic heterocycles. The first-order valence-corrected chi connectivity index (χ1v) is 12.2. The molecule has 32 heavy (non-hydrogen) atoms. The highest BCUT2D eigenvalue weighted by Gasteiger charge is 2.43. The number of hydrogen-bond acceptors (Lipinski definition) is 5. The Kier molecular flexibility index (Phi) is 6.20. The number of carbonyl (C=O) groups is 1. The number of likely N-dealkylation sites (tertiary alicyclic amines) is 1. The van der Waals surface area contributed by atoms with Gasteiger partial charge in [0.1, 0.15) is 5.69 Å². The number of aromatic nitrogens is 2. The van der Waals surface area contributed by atoms with Crippen LogP contribution >= 0.6 is 0 Å². The molecule has 2 aromatic rings. The van der Waals surface area contributed by atoms with Crippen LogP contribution in [0.2, 0.25) is 0 Å². The van der Waals surface area contributed by atoms with Gasteiger partial charge < -0.3 is 14.5 Å². The lowest BCUT2D eigenvalue weighted by Crippen LogP contribution is -2.57. The number of anilines is 1. The molecule has 3 fully saturated rings. The van der Waals surface area contributed by atoms with E-state index in [2.05, 4.69) is 45.2 Å². The van der Waals surface area contributed by atoms with Gasteiger partial charge in [-0.2, -0.15) is 5.10 Å². The highest BCUT2D eigenvalue weighted by atomic mass is 16.5. The topological polar surface area (TPSA) is 53.8 Å². The van der Waals surface area contributed by atoms with E-state index in [4.69, 9.17) is 4.74 Å². The van der Waals surface area contributed by atoms with Crippen molar-refractivity contribution in [1.82, 2.24) is 19.6 Å². The minimum Gasteiger partial charge on any atom is -0.375 e. The Morgan fingerprint density at radius 2 is 1.81 bits per heavy atom. The van der Waals surface area contributed by atoms with Gasteiger partial charge in [0.05, 0.1) is 5.60 Å². The second kappa shape index (κ2) is 9.24. The smallest absolute Gasteiger partial charge is 0.274 e. The molecule has 1 aromatic carbocycles. The molecule has 0 N–H and O–H groups in total. The maximum Gasteiger partial charge on any atom is 0.274 e. The zero-order chi connectivity index (χ0) is 22.0. The van der Waals surface area contributed by atoms with E-state index in [0.29, 0.717) is 11.7 Å². The predicted molar refractivity (Wildman–Crippen MR) is 125 cm³/mol. The fourth-order valence-electron chi connectivity index (χ4n) is 5.58. The summed E-state index contributed by atoms with van der Waals surface area (Å²) in [6, 6.07) is 13.2. The van der Waals surface area contributed by atoms with Gasteiger partial charge in [-0.25, -0.2) is 0 Å². The third kappa shape index (κ3) is 4.41. The Balaban J connectivity index is 1.15. The van der Waals surface area contributed by atoms with Crippen LogP contribution in [0.25, 0.3) is 0 Å². The minimum absolute atomic E-state index is 0.0523. The zero-order valence-electron chi connectivity index (χ0n) is 19.2. The molecule has 0 unspecified atom stereocenters. The van der Waals surface area contributed by atoms with Crippen molar-refractivity contribution in [3.05, 3.63) is 48.3 Å². The van der Waals surface area contributed by atoms with Gasteiger partial charge in [-0.1, -0.05) is 18.2 Å². The van der Waals surface area contributed by atoms with E-state index in [1.807, 2.05) is 28.8 Å². The molecule has 7 nitrogen and oxygen atoms in total. The van der Waals surface area contributed by atoms with E-state index >= 15 is 0 Å². The number of rotatable bonds is 4. The largest absolute Gasteiger partial charge is 0.375 e. The van der Waals surface area contributed by atoms with Crippen molar-refractivity contribution in [3.63, 3.8) is 0 Å². The number of amides is 1. The van der Waals surface area contributed by atoms with Crippen molar-refractivity contribution in [1.29, 1.82) is 0 Å². The zero-order valence-corrected chi connectivity index (χ0v) is 19.2. The van der Waals surface area contributed by atoms with Gasteiger partial charge in [-0.3, -0.25) is 14.4 Å². The fourth-order valence-corrected chi connectivity index (χ4v) is 5.58. The quantitative estimate of drug-likeness (QED) is 0.736. The lowest BCUT2D eigenvalue weighted by Gasteiger charge is -2.49. The Hall–Kier alpha value is -2.38. The van der Waals surface area contributed by atoms with Crippen molar-refractivity contribution in [2.24, 2.45) is 0 Å². The van der Waals surface area contributed by atoms with Crippen LogP contribution in [0, 0.1) is 0 Å². The van der Waals surface area contributed by atoms with Crippen molar-refractivity contribution in [2.75, 3.05) is 50.8 Å². The van der Waals surface area contributed by atoms with Gasteiger partial charge >= 0.3 is 0 Å². The highest BCUT2D eigenvalue weighted by molar-refractivity contribution is 5.92. The van der Waals surface area contributed by atoms with Crippen LogP contribution < -0.4 is 4.90 Å². The van der Waals surface area contributed by atoms with E-state index in [0.717, 1.165) is 78.1 Å². The molecule has 0 bridgehead atoms. The molecule has 172 valence electrons. The van der Waals surface area contributed by atoms with E-state index in [1.165, 1.54) is 5.69 Å². The van der Waals surface area contributed by atoms with Gasteiger partial charge in [0, 0.05) is 70.3 Å². The first-order chi connectivity index (χ1) is 15.7.